The minimum atomic E-state index is -0.528. The van der Waals surface area contributed by atoms with E-state index in [1.807, 2.05) is 30.3 Å². The smallest absolute Gasteiger partial charge is 0.205 e. The van der Waals surface area contributed by atoms with Gasteiger partial charge in [-0.05, 0) is 30.2 Å². The van der Waals surface area contributed by atoms with Crippen LogP contribution in [0.3, 0.4) is 0 Å². The van der Waals surface area contributed by atoms with Gasteiger partial charge in [0.1, 0.15) is 29.8 Å². The Labute approximate surface area is 174 Å². The summed E-state index contributed by atoms with van der Waals surface area (Å²) in [5, 5.41) is 18.8. The molecule has 0 unspecified atom stereocenters. The molecule has 2 aliphatic rings. The summed E-state index contributed by atoms with van der Waals surface area (Å²) < 4.78 is 11.4. The van der Waals surface area contributed by atoms with Crippen molar-refractivity contribution in [3.63, 3.8) is 0 Å². The summed E-state index contributed by atoms with van der Waals surface area (Å²) in [4.78, 5) is 12.6. The van der Waals surface area contributed by atoms with Crippen LogP contribution in [0, 0.1) is 22.7 Å². The van der Waals surface area contributed by atoms with E-state index in [1.165, 1.54) is 0 Å². The normalized spacial score (nSPS) is 18.2. The zero-order valence-electron chi connectivity index (χ0n) is 16.2. The maximum absolute atomic E-state index is 12.6. The van der Waals surface area contributed by atoms with Gasteiger partial charge in [-0.2, -0.15) is 10.5 Å². The van der Waals surface area contributed by atoms with Gasteiger partial charge in [0.2, 0.25) is 5.88 Å². The summed E-state index contributed by atoms with van der Waals surface area (Å²) in [5.74, 6) is 0.721. The zero-order chi connectivity index (χ0) is 21.1. The molecule has 4 rings (SSSR count). The molecule has 2 N–H and O–H groups in total. The molecule has 2 aromatic carbocycles. The Morgan fingerprint density at radius 2 is 1.83 bits per heavy atom. The highest BCUT2D eigenvalue weighted by atomic mass is 16.5. The fourth-order valence-corrected chi connectivity index (χ4v) is 3.86. The van der Waals surface area contributed by atoms with Gasteiger partial charge in [-0.25, -0.2) is 0 Å². The standard InChI is InChI=1S/C24H19N3O3/c25-12-16-4-1-2-5-17(16)14-29-18-10-8-15(9-11-18)22-19(13-26)24(27)30-21-7-3-6-20(28)23(21)22/h1-2,4-5,8-11,22H,3,6-7,14,27H2/t22-/m0/s1. The molecule has 0 bridgehead atoms. The molecule has 0 spiro atoms. The number of carbonyl (C=O) groups is 1. The van der Waals surface area contributed by atoms with Gasteiger partial charge >= 0.3 is 0 Å². The van der Waals surface area contributed by atoms with Crippen LogP contribution in [0.4, 0.5) is 0 Å². The second-order valence-electron chi connectivity index (χ2n) is 7.17. The zero-order valence-corrected chi connectivity index (χ0v) is 16.2. The van der Waals surface area contributed by atoms with Crippen molar-refractivity contribution in [1.82, 2.24) is 0 Å². The van der Waals surface area contributed by atoms with E-state index in [-0.39, 0.29) is 23.8 Å². The molecule has 6 nitrogen and oxygen atoms in total. The topological polar surface area (TPSA) is 109 Å². The number of nitrogens with zero attached hydrogens (tertiary/aromatic N) is 2. The third kappa shape index (κ3) is 3.52. The first kappa shape index (κ1) is 19.3. The van der Waals surface area contributed by atoms with Crippen LogP contribution in [0.5, 0.6) is 5.75 Å². The summed E-state index contributed by atoms with van der Waals surface area (Å²) in [7, 11) is 0. The fraction of sp³-hybridized carbons (Fsp3) is 0.208. The number of hydrogen-bond acceptors (Lipinski definition) is 6. The van der Waals surface area contributed by atoms with Crippen molar-refractivity contribution >= 4 is 5.78 Å². The van der Waals surface area contributed by atoms with Crippen molar-refractivity contribution < 1.29 is 14.3 Å². The summed E-state index contributed by atoms with van der Waals surface area (Å²) in [5.41, 5.74) is 8.92. The molecule has 0 saturated carbocycles. The highest BCUT2D eigenvalue weighted by Gasteiger charge is 2.37. The van der Waals surface area contributed by atoms with E-state index in [4.69, 9.17) is 15.2 Å². The van der Waals surface area contributed by atoms with Crippen molar-refractivity contribution in [2.75, 3.05) is 0 Å². The molecule has 1 heterocycles. The van der Waals surface area contributed by atoms with Crippen LogP contribution in [0.2, 0.25) is 0 Å². The van der Waals surface area contributed by atoms with Crippen LogP contribution in [0.25, 0.3) is 0 Å². The Bertz CT molecular complexity index is 1150. The quantitative estimate of drug-likeness (QED) is 0.836. The second kappa shape index (κ2) is 8.14. The summed E-state index contributed by atoms with van der Waals surface area (Å²) in [6.07, 6.45) is 1.80. The minimum absolute atomic E-state index is 0.00469. The second-order valence-corrected chi connectivity index (χ2v) is 7.17. The Hall–Kier alpha value is -4.03. The average Bonchev–Trinajstić information content (AvgIpc) is 2.77. The number of allylic oxidation sites excluding steroid dienone is 3. The lowest BCUT2D eigenvalue weighted by Crippen LogP contribution is -2.27. The lowest BCUT2D eigenvalue weighted by Gasteiger charge is -2.31. The molecule has 1 aliphatic carbocycles. The molecule has 0 amide bonds. The molecule has 0 aromatic heterocycles. The molecule has 30 heavy (non-hydrogen) atoms. The van der Waals surface area contributed by atoms with Gasteiger partial charge in [0, 0.05) is 24.0 Å². The van der Waals surface area contributed by atoms with Gasteiger partial charge in [0.05, 0.1) is 17.6 Å². The van der Waals surface area contributed by atoms with E-state index in [1.54, 1.807) is 18.2 Å². The maximum atomic E-state index is 12.6. The molecular formula is C24H19N3O3. The van der Waals surface area contributed by atoms with Crippen molar-refractivity contribution in [2.45, 2.75) is 31.8 Å². The van der Waals surface area contributed by atoms with E-state index < -0.39 is 5.92 Å². The molecular weight excluding hydrogens is 378 g/mol. The number of ketones is 1. The fourth-order valence-electron chi connectivity index (χ4n) is 3.86. The first-order valence-electron chi connectivity index (χ1n) is 9.67. The number of carbonyl (C=O) groups excluding carboxylic acids is 1. The van der Waals surface area contributed by atoms with Crippen molar-refractivity contribution in [3.8, 4) is 17.9 Å². The third-order valence-corrected chi connectivity index (χ3v) is 5.35. The number of benzene rings is 2. The lowest BCUT2D eigenvalue weighted by atomic mass is 9.77. The van der Waals surface area contributed by atoms with Crippen molar-refractivity contribution in [2.24, 2.45) is 5.73 Å². The van der Waals surface area contributed by atoms with E-state index >= 15 is 0 Å². The first-order chi connectivity index (χ1) is 14.6. The Kier molecular flexibility index (Phi) is 5.24. The Balaban J connectivity index is 1.60. The van der Waals surface area contributed by atoms with Crippen LogP contribution < -0.4 is 10.5 Å². The van der Waals surface area contributed by atoms with Crippen molar-refractivity contribution in [1.29, 1.82) is 10.5 Å². The van der Waals surface area contributed by atoms with Gasteiger partial charge in [0.25, 0.3) is 0 Å². The molecule has 0 radical (unpaired) electrons. The number of nitrogens with two attached hydrogens (primary N) is 1. The maximum Gasteiger partial charge on any atom is 0.205 e. The van der Waals surface area contributed by atoms with Crippen LogP contribution in [0.1, 0.15) is 41.9 Å². The van der Waals surface area contributed by atoms with E-state index in [9.17, 15) is 15.3 Å². The van der Waals surface area contributed by atoms with Gasteiger partial charge < -0.3 is 15.2 Å². The van der Waals surface area contributed by atoms with E-state index in [0.717, 1.165) is 17.5 Å². The third-order valence-electron chi connectivity index (χ3n) is 5.35. The average molecular weight is 397 g/mol. The molecule has 0 fully saturated rings. The molecule has 2 aromatic rings. The predicted octanol–water partition coefficient (Wildman–Crippen LogP) is 3.95. The monoisotopic (exact) mass is 397 g/mol. The summed E-state index contributed by atoms with van der Waals surface area (Å²) in [6.45, 7) is 0.268. The molecule has 148 valence electrons. The van der Waals surface area contributed by atoms with Crippen LogP contribution in [-0.4, -0.2) is 5.78 Å². The van der Waals surface area contributed by atoms with Gasteiger partial charge in [-0.3, -0.25) is 4.79 Å². The number of nitriles is 2. The predicted molar refractivity (Wildman–Crippen MR) is 108 cm³/mol. The summed E-state index contributed by atoms with van der Waals surface area (Å²) >= 11 is 0. The number of ether oxygens (including phenoxy) is 2. The summed E-state index contributed by atoms with van der Waals surface area (Å²) in [6, 6.07) is 18.8. The number of rotatable bonds is 4. The first-order valence-corrected chi connectivity index (χ1v) is 9.67. The van der Waals surface area contributed by atoms with Gasteiger partial charge in [-0.15, -0.1) is 0 Å². The number of Topliss-reactive ketones (excluding diaryl/α,β-unsaturated/α-hetero) is 1. The Morgan fingerprint density at radius 1 is 1.07 bits per heavy atom. The molecule has 1 atom stereocenters. The van der Waals surface area contributed by atoms with Crippen molar-refractivity contribution in [3.05, 3.63) is 88.0 Å². The highest BCUT2D eigenvalue weighted by molar-refractivity contribution is 5.99. The highest BCUT2D eigenvalue weighted by Crippen LogP contribution is 2.43. The largest absolute Gasteiger partial charge is 0.489 e. The van der Waals surface area contributed by atoms with Crippen LogP contribution >= 0.6 is 0 Å². The molecule has 6 heteroatoms. The molecule has 0 saturated heterocycles. The van der Waals surface area contributed by atoms with Gasteiger partial charge in [0.15, 0.2) is 5.78 Å². The Morgan fingerprint density at radius 3 is 2.57 bits per heavy atom. The SMILES string of the molecule is N#CC1=C(N)OC2=C(C(=O)CCC2)[C@H]1c1ccc(OCc2ccccc2C#N)cc1. The number of hydrogen-bond donors (Lipinski definition) is 1. The van der Waals surface area contributed by atoms with E-state index in [2.05, 4.69) is 12.1 Å². The minimum Gasteiger partial charge on any atom is -0.489 e. The van der Waals surface area contributed by atoms with E-state index in [0.29, 0.717) is 35.5 Å². The van der Waals surface area contributed by atoms with Gasteiger partial charge in [-0.1, -0.05) is 30.3 Å². The molecule has 1 aliphatic heterocycles. The lowest BCUT2D eigenvalue weighted by molar-refractivity contribution is -0.116. The van der Waals surface area contributed by atoms with Crippen LogP contribution in [0.15, 0.2) is 71.3 Å². The van der Waals surface area contributed by atoms with Crippen LogP contribution in [-0.2, 0) is 16.1 Å².